The van der Waals surface area contributed by atoms with E-state index in [2.05, 4.69) is 13.8 Å². The zero-order chi connectivity index (χ0) is 18.5. The van der Waals surface area contributed by atoms with Crippen LogP contribution in [-0.4, -0.2) is 49.4 Å². The number of carbonyl (C=O) groups is 2. The van der Waals surface area contributed by atoms with Crippen molar-refractivity contribution >= 4 is 12.3 Å². The fourth-order valence-corrected chi connectivity index (χ4v) is 2.80. The highest BCUT2D eigenvalue weighted by Gasteiger charge is 2.26. The van der Waals surface area contributed by atoms with Crippen molar-refractivity contribution in [3.05, 3.63) is 0 Å². The van der Waals surface area contributed by atoms with Crippen LogP contribution in [0.2, 0.25) is 0 Å². The van der Waals surface area contributed by atoms with Gasteiger partial charge in [-0.15, -0.1) is 0 Å². The van der Waals surface area contributed by atoms with Gasteiger partial charge in [0, 0.05) is 6.61 Å². The molecule has 0 unspecified atom stereocenters. The second-order valence-corrected chi connectivity index (χ2v) is 6.85. The molecule has 0 spiro atoms. The summed E-state index contributed by atoms with van der Waals surface area (Å²) in [4.78, 5) is 22.0. The van der Waals surface area contributed by atoms with Crippen LogP contribution in [0, 0.1) is 5.92 Å². The van der Waals surface area contributed by atoms with Crippen molar-refractivity contribution in [2.75, 3.05) is 19.8 Å². The highest BCUT2D eigenvalue weighted by atomic mass is 16.7. The Bertz CT molecular complexity index is 376. The van der Waals surface area contributed by atoms with Gasteiger partial charge in [0.1, 0.15) is 18.8 Å². The fourth-order valence-electron chi connectivity index (χ4n) is 2.80. The monoisotopic (exact) mass is 360 g/mol. The quantitative estimate of drug-likeness (QED) is 0.432. The Morgan fingerprint density at radius 3 is 2.16 bits per heavy atom. The molecule has 0 radical (unpaired) electrons. The van der Waals surface area contributed by atoms with E-state index in [9.17, 15) is 9.59 Å². The molecule has 146 valence electrons. The minimum atomic E-state index is -1.26. The van der Waals surface area contributed by atoms with Crippen molar-refractivity contribution in [1.29, 1.82) is 0 Å². The number of hydrogen-bond donors (Lipinski definition) is 1. The fraction of sp³-hybridized carbons (Fsp3) is 0.889. The van der Waals surface area contributed by atoms with Gasteiger partial charge in [0.25, 0.3) is 0 Å². The predicted octanol–water partition coefficient (Wildman–Crippen LogP) is 4.38. The molecule has 1 aliphatic rings. The smallest absolute Gasteiger partial charge is 0.450 e. The summed E-state index contributed by atoms with van der Waals surface area (Å²) in [5.41, 5.74) is 0. The van der Waals surface area contributed by atoms with Crippen molar-refractivity contribution in [2.45, 2.75) is 77.4 Å². The second-order valence-electron chi connectivity index (χ2n) is 6.85. The molecule has 25 heavy (non-hydrogen) atoms. The van der Waals surface area contributed by atoms with Gasteiger partial charge in [-0.05, 0) is 38.0 Å². The van der Waals surface area contributed by atoms with E-state index >= 15 is 0 Å². The number of carbonyl (C=O) groups excluding carboxylic acids is 1. The first-order chi connectivity index (χ1) is 12.0. The average molecular weight is 360 g/mol. The lowest BCUT2D eigenvalue weighted by molar-refractivity contribution is -0.0257. The Balaban J connectivity index is 1.93. The molecule has 0 aromatic heterocycles. The van der Waals surface area contributed by atoms with E-state index < -0.39 is 12.3 Å². The van der Waals surface area contributed by atoms with E-state index in [1.165, 1.54) is 12.8 Å². The van der Waals surface area contributed by atoms with Crippen LogP contribution in [0.1, 0.15) is 65.2 Å². The maximum Gasteiger partial charge on any atom is 0.508 e. The number of carboxylic acid groups (broad SMARTS) is 1. The van der Waals surface area contributed by atoms with Gasteiger partial charge in [-0.25, -0.2) is 9.59 Å². The summed E-state index contributed by atoms with van der Waals surface area (Å²) < 4.78 is 20.3. The van der Waals surface area contributed by atoms with Crippen LogP contribution in [0.5, 0.6) is 0 Å². The Morgan fingerprint density at radius 1 is 0.920 bits per heavy atom. The van der Waals surface area contributed by atoms with Crippen LogP contribution in [0.4, 0.5) is 9.59 Å². The lowest BCUT2D eigenvalue weighted by Crippen LogP contribution is -2.29. The Hall–Kier alpha value is -1.50. The molecule has 1 saturated carbocycles. The van der Waals surface area contributed by atoms with E-state index in [4.69, 9.17) is 24.1 Å². The molecule has 0 saturated heterocycles. The molecular weight excluding hydrogens is 328 g/mol. The Kier molecular flexibility index (Phi) is 11.0. The van der Waals surface area contributed by atoms with Crippen LogP contribution < -0.4 is 0 Å². The van der Waals surface area contributed by atoms with Crippen molar-refractivity contribution < 1.29 is 33.6 Å². The number of unbranched alkanes of at least 4 members (excludes halogenated alkanes) is 2. The molecule has 0 aliphatic heterocycles. The third-order valence-electron chi connectivity index (χ3n) is 4.17. The normalized spacial score (nSPS) is 20.3. The van der Waals surface area contributed by atoms with E-state index in [-0.39, 0.29) is 18.8 Å². The van der Waals surface area contributed by atoms with Gasteiger partial charge in [-0.2, -0.15) is 0 Å². The SMILES string of the molecule is CC(C)CCCCCOCCOC(=O)OC1CCC(OC(=O)O)CC1. The van der Waals surface area contributed by atoms with Gasteiger partial charge in [-0.1, -0.05) is 33.1 Å². The van der Waals surface area contributed by atoms with Gasteiger partial charge >= 0.3 is 12.3 Å². The molecular formula is C18H32O7. The van der Waals surface area contributed by atoms with E-state index in [0.29, 0.717) is 38.9 Å². The van der Waals surface area contributed by atoms with Crippen LogP contribution in [0.25, 0.3) is 0 Å². The van der Waals surface area contributed by atoms with Crippen LogP contribution in [0.15, 0.2) is 0 Å². The molecule has 1 aliphatic carbocycles. The maximum absolute atomic E-state index is 11.6. The van der Waals surface area contributed by atoms with Crippen molar-refractivity contribution in [1.82, 2.24) is 0 Å². The first-order valence-electron chi connectivity index (χ1n) is 9.28. The summed E-state index contributed by atoms with van der Waals surface area (Å²) in [6.45, 7) is 5.69. The zero-order valence-corrected chi connectivity index (χ0v) is 15.4. The predicted molar refractivity (Wildman–Crippen MR) is 91.7 cm³/mol. The standard InChI is InChI=1S/C18H32O7/c1-14(2)6-4-3-5-11-22-12-13-23-18(21)25-16-9-7-15(8-10-16)24-17(19)20/h14-16H,3-13H2,1-2H3,(H,19,20). The molecule has 0 atom stereocenters. The maximum atomic E-state index is 11.6. The molecule has 7 nitrogen and oxygen atoms in total. The van der Waals surface area contributed by atoms with Crippen molar-refractivity contribution in [2.24, 2.45) is 5.92 Å². The summed E-state index contributed by atoms with van der Waals surface area (Å²) in [6, 6.07) is 0. The molecule has 0 aromatic rings. The zero-order valence-electron chi connectivity index (χ0n) is 15.4. The van der Waals surface area contributed by atoms with Crippen LogP contribution in [0.3, 0.4) is 0 Å². The van der Waals surface area contributed by atoms with E-state index in [0.717, 1.165) is 18.8 Å². The second kappa shape index (κ2) is 12.8. The molecule has 0 amide bonds. The minimum Gasteiger partial charge on any atom is -0.450 e. The number of ether oxygens (including phenoxy) is 4. The van der Waals surface area contributed by atoms with E-state index in [1.54, 1.807) is 0 Å². The summed E-state index contributed by atoms with van der Waals surface area (Å²) in [7, 11) is 0. The highest BCUT2D eigenvalue weighted by Crippen LogP contribution is 2.23. The van der Waals surface area contributed by atoms with Crippen molar-refractivity contribution in [3.8, 4) is 0 Å². The number of rotatable bonds is 11. The molecule has 0 bridgehead atoms. The Morgan fingerprint density at radius 2 is 1.56 bits per heavy atom. The minimum absolute atomic E-state index is 0.183. The summed E-state index contributed by atoms with van der Waals surface area (Å²) in [6.07, 6.45) is 4.46. The van der Waals surface area contributed by atoms with Gasteiger partial charge in [0.05, 0.1) is 6.61 Å². The summed E-state index contributed by atoms with van der Waals surface area (Å²) >= 11 is 0. The van der Waals surface area contributed by atoms with Gasteiger partial charge in [-0.3, -0.25) is 0 Å². The lowest BCUT2D eigenvalue weighted by atomic mass is 9.95. The average Bonchev–Trinajstić information content (AvgIpc) is 2.54. The summed E-state index contributed by atoms with van der Waals surface area (Å²) in [5, 5.41) is 8.56. The first kappa shape index (κ1) is 21.5. The third-order valence-corrected chi connectivity index (χ3v) is 4.17. The molecule has 7 heteroatoms. The van der Waals surface area contributed by atoms with Crippen LogP contribution >= 0.6 is 0 Å². The van der Waals surface area contributed by atoms with Crippen LogP contribution in [-0.2, 0) is 18.9 Å². The Labute approximate surface area is 150 Å². The lowest BCUT2D eigenvalue weighted by Gasteiger charge is -2.26. The van der Waals surface area contributed by atoms with Gasteiger partial charge in [0.2, 0.25) is 0 Å². The van der Waals surface area contributed by atoms with Gasteiger partial charge < -0.3 is 24.1 Å². The molecule has 1 fully saturated rings. The van der Waals surface area contributed by atoms with Gasteiger partial charge in [0.15, 0.2) is 0 Å². The molecule has 1 rings (SSSR count). The van der Waals surface area contributed by atoms with E-state index in [1.807, 2.05) is 0 Å². The third kappa shape index (κ3) is 11.6. The molecule has 0 heterocycles. The number of hydrogen-bond acceptors (Lipinski definition) is 6. The summed E-state index contributed by atoms with van der Waals surface area (Å²) in [5.74, 6) is 0.750. The van der Waals surface area contributed by atoms with Crippen molar-refractivity contribution in [3.63, 3.8) is 0 Å². The molecule has 0 aromatic carbocycles. The topological polar surface area (TPSA) is 91.3 Å². The molecule has 1 N–H and O–H groups in total. The highest BCUT2D eigenvalue weighted by molar-refractivity contribution is 5.60. The largest absolute Gasteiger partial charge is 0.508 e. The first-order valence-corrected chi connectivity index (χ1v) is 9.28.